The second kappa shape index (κ2) is 13.8. The molecule has 1 aromatic heterocycles. The predicted octanol–water partition coefficient (Wildman–Crippen LogP) is 2.63. The summed E-state index contributed by atoms with van der Waals surface area (Å²) in [6.07, 6.45) is 0.658. The summed E-state index contributed by atoms with van der Waals surface area (Å²) in [7, 11) is 0. The zero-order valence-corrected chi connectivity index (χ0v) is 20.8. The molecule has 0 fully saturated rings. The van der Waals surface area contributed by atoms with Crippen molar-refractivity contribution in [3.05, 3.63) is 94.2 Å². The molecule has 8 nitrogen and oxygen atoms in total. The lowest BCUT2D eigenvalue weighted by Crippen LogP contribution is -2.53. The number of carbonyl (C=O) groups is 3. The van der Waals surface area contributed by atoms with Gasteiger partial charge in [-0.1, -0.05) is 66.7 Å². The Hall–Kier alpha value is -3.98. The van der Waals surface area contributed by atoms with Crippen molar-refractivity contribution >= 4 is 35.0 Å². The van der Waals surface area contributed by atoms with Crippen LogP contribution in [-0.4, -0.2) is 41.2 Å². The van der Waals surface area contributed by atoms with E-state index in [9.17, 15) is 14.4 Å². The third-order valence-electron chi connectivity index (χ3n) is 5.50. The zero-order valence-electron chi connectivity index (χ0n) is 20.0. The van der Waals surface area contributed by atoms with E-state index in [2.05, 4.69) is 10.3 Å². The topological polar surface area (TPSA) is 131 Å². The molecule has 9 heteroatoms. The summed E-state index contributed by atoms with van der Waals surface area (Å²) >= 11 is 1.52. The van der Waals surface area contributed by atoms with Gasteiger partial charge in [-0.25, -0.2) is 0 Å². The van der Waals surface area contributed by atoms with Crippen LogP contribution in [0.1, 0.15) is 28.8 Å². The van der Waals surface area contributed by atoms with Crippen LogP contribution in [0.15, 0.2) is 83.2 Å². The van der Waals surface area contributed by atoms with Gasteiger partial charge in [0.15, 0.2) is 5.96 Å². The Bertz CT molecular complexity index is 1090. The minimum absolute atomic E-state index is 0.00394. The van der Waals surface area contributed by atoms with Gasteiger partial charge < -0.3 is 16.8 Å². The molecule has 3 rings (SSSR count). The lowest BCUT2D eigenvalue weighted by molar-refractivity contribution is -0.151. The highest BCUT2D eigenvalue weighted by Gasteiger charge is 2.34. The molecule has 3 aromatic rings. The molecule has 0 spiro atoms. The predicted molar refractivity (Wildman–Crippen MR) is 142 cm³/mol. The SMILES string of the molecule is NC(N)=NCCCC(C(=O)NCc1cccs1)N(C(=O)Cc1ccccc1)C(=O)Cc1ccccc1. The van der Waals surface area contributed by atoms with Crippen LogP contribution in [0.5, 0.6) is 0 Å². The summed E-state index contributed by atoms with van der Waals surface area (Å²) in [4.78, 5) is 46.5. The second-order valence-electron chi connectivity index (χ2n) is 8.24. The van der Waals surface area contributed by atoms with Crippen LogP contribution in [0.25, 0.3) is 0 Å². The maximum Gasteiger partial charge on any atom is 0.243 e. The number of amides is 3. The number of carbonyl (C=O) groups excluding carboxylic acids is 3. The third-order valence-corrected chi connectivity index (χ3v) is 6.37. The first-order valence-electron chi connectivity index (χ1n) is 11.7. The number of guanidine groups is 1. The number of rotatable bonds is 12. The molecule has 36 heavy (non-hydrogen) atoms. The summed E-state index contributed by atoms with van der Waals surface area (Å²) in [6.45, 7) is 0.596. The average molecular weight is 506 g/mol. The molecule has 0 bridgehead atoms. The minimum atomic E-state index is -0.994. The number of hydrogen-bond acceptors (Lipinski definition) is 5. The van der Waals surface area contributed by atoms with Gasteiger partial charge in [0.05, 0.1) is 19.4 Å². The second-order valence-corrected chi connectivity index (χ2v) is 9.28. The molecule has 0 radical (unpaired) electrons. The lowest BCUT2D eigenvalue weighted by Gasteiger charge is -2.30. The highest BCUT2D eigenvalue weighted by molar-refractivity contribution is 7.09. The number of hydrogen-bond donors (Lipinski definition) is 3. The van der Waals surface area contributed by atoms with E-state index in [0.717, 1.165) is 20.9 Å². The normalized spacial score (nSPS) is 11.3. The average Bonchev–Trinajstić information content (AvgIpc) is 3.39. The molecule has 188 valence electrons. The number of aliphatic imine (C=N–C) groups is 1. The first kappa shape index (κ1) is 26.6. The van der Waals surface area contributed by atoms with Crippen molar-refractivity contribution in [3.8, 4) is 0 Å². The van der Waals surface area contributed by atoms with Gasteiger partial charge in [0, 0.05) is 11.4 Å². The van der Waals surface area contributed by atoms with Crippen LogP contribution in [0.3, 0.4) is 0 Å². The van der Waals surface area contributed by atoms with Crippen LogP contribution in [0.4, 0.5) is 0 Å². The van der Waals surface area contributed by atoms with E-state index in [1.54, 1.807) is 0 Å². The molecule has 5 N–H and O–H groups in total. The Morgan fingerprint density at radius 1 is 0.861 bits per heavy atom. The number of nitrogens with zero attached hydrogens (tertiary/aromatic N) is 2. The van der Waals surface area contributed by atoms with Gasteiger partial charge in [0.25, 0.3) is 0 Å². The zero-order chi connectivity index (χ0) is 25.8. The Balaban J connectivity index is 1.86. The first-order chi connectivity index (χ1) is 17.4. The Morgan fingerprint density at radius 3 is 1.94 bits per heavy atom. The molecule has 0 aliphatic rings. The summed E-state index contributed by atoms with van der Waals surface area (Å²) in [5, 5.41) is 4.82. The number of nitrogens with one attached hydrogen (secondary N) is 1. The monoisotopic (exact) mass is 505 g/mol. The third kappa shape index (κ3) is 8.35. The van der Waals surface area contributed by atoms with Crippen molar-refractivity contribution in [1.29, 1.82) is 0 Å². The van der Waals surface area contributed by atoms with E-state index >= 15 is 0 Å². The van der Waals surface area contributed by atoms with Crippen LogP contribution < -0.4 is 16.8 Å². The van der Waals surface area contributed by atoms with Crippen molar-refractivity contribution < 1.29 is 14.4 Å². The number of nitrogens with two attached hydrogens (primary N) is 2. The molecule has 0 aliphatic carbocycles. The maximum absolute atomic E-state index is 13.5. The van der Waals surface area contributed by atoms with Crippen LogP contribution in [0.2, 0.25) is 0 Å². The van der Waals surface area contributed by atoms with E-state index < -0.39 is 23.8 Å². The van der Waals surface area contributed by atoms with Gasteiger partial charge in [-0.2, -0.15) is 0 Å². The molecule has 1 heterocycles. The van der Waals surface area contributed by atoms with E-state index in [0.29, 0.717) is 13.0 Å². The fraction of sp³-hybridized carbons (Fsp3) is 0.259. The van der Waals surface area contributed by atoms with Crippen LogP contribution in [-0.2, 0) is 33.8 Å². The van der Waals surface area contributed by atoms with Crippen molar-refractivity contribution in [2.45, 2.75) is 38.3 Å². The van der Waals surface area contributed by atoms with Crippen molar-refractivity contribution in [2.24, 2.45) is 16.5 Å². The maximum atomic E-state index is 13.5. The van der Waals surface area contributed by atoms with E-state index in [4.69, 9.17) is 11.5 Å². The Labute approximate surface area is 215 Å². The van der Waals surface area contributed by atoms with Gasteiger partial charge >= 0.3 is 0 Å². The summed E-state index contributed by atoms with van der Waals surface area (Å²) < 4.78 is 0. The molecule has 3 amide bonds. The fourth-order valence-corrected chi connectivity index (χ4v) is 4.42. The molecule has 0 saturated carbocycles. The quantitative estimate of drug-likeness (QED) is 0.198. The van der Waals surface area contributed by atoms with E-state index in [1.807, 2.05) is 78.2 Å². The summed E-state index contributed by atoms with van der Waals surface area (Å²) in [5.74, 6) is -1.30. The van der Waals surface area contributed by atoms with E-state index in [-0.39, 0.29) is 31.8 Å². The van der Waals surface area contributed by atoms with Crippen LogP contribution in [0, 0.1) is 0 Å². The smallest absolute Gasteiger partial charge is 0.243 e. The van der Waals surface area contributed by atoms with Gasteiger partial charge in [-0.15, -0.1) is 11.3 Å². The molecule has 1 unspecified atom stereocenters. The van der Waals surface area contributed by atoms with Gasteiger partial charge in [-0.3, -0.25) is 24.3 Å². The van der Waals surface area contributed by atoms with E-state index in [1.165, 1.54) is 11.3 Å². The van der Waals surface area contributed by atoms with Gasteiger partial charge in [-0.05, 0) is 35.4 Å². The minimum Gasteiger partial charge on any atom is -0.370 e. The lowest BCUT2D eigenvalue weighted by atomic mass is 10.0. The van der Waals surface area contributed by atoms with Crippen molar-refractivity contribution in [2.75, 3.05) is 6.54 Å². The molecule has 1 atom stereocenters. The highest BCUT2D eigenvalue weighted by atomic mass is 32.1. The number of imide groups is 1. The number of thiophene rings is 1. The van der Waals surface area contributed by atoms with Gasteiger partial charge in [0.2, 0.25) is 17.7 Å². The Morgan fingerprint density at radius 2 is 1.44 bits per heavy atom. The molecule has 2 aromatic carbocycles. The molecule has 0 aliphatic heterocycles. The summed E-state index contributed by atoms with van der Waals surface area (Å²) in [6, 6.07) is 21.2. The van der Waals surface area contributed by atoms with Crippen molar-refractivity contribution in [3.63, 3.8) is 0 Å². The molecule has 0 saturated heterocycles. The first-order valence-corrected chi connectivity index (χ1v) is 12.6. The fourth-order valence-electron chi connectivity index (χ4n) is 3.77. The number of benzene rings is 2. The highest BCUT2D eigenvalue weighted by Crippen LogP contribution is 2.16. The Kier molecular flexibility index (Phi) is 10.2. The van der Waals surface area contributed by atoms with Gasteiger partial charge in [0.1, 0.15) is 6.04 Å². The molecular weight excluding hydrogens is 474 g/mol. The summed E-state index contributed by atoms with van der Waals surface area (Å²) in [5.41, 5.74) is 12.4. The largest absolute Gasteiger partial charge is 0.370 e. The molecular formula is C27H31N5O3S. The van der Waals surface area contributed by atoms with Crippen LogP contribution >= 0.6 is 11.3 Å². The van der Waals surface area contributed by atoms with Crippen molar-refractivity contribution in [1.82, 2.24) is 10.2 Å². The standard InChI is InChI=1S/C27H31N5O3S/c28-27(29)30-15-7-14-23(26(35)31-19-22-13-8-16-36-22)32(24(33)17-20-9-3-1-4-10-20)25(34)18-21-11-5-2-6-12-21/h1-6,8-13,16,23H,7,14-15,17-19H2,(H,31,35)(H4,28,29,30).